The van der Waals surface area contributed by atoms with Crippen molar-refractivity contribution in [3.63, 3.8) is 0 Å². The largest absolute Gasteiger partial charge is 0.494 e. The van der Waals surface area contributed by atoms with Crippen LogP contribution in [0.25, 0.3) is 16.5 Å². The summed E-state index contributed by atoms with van der Waals surface area (Å²) in [6, 6.07) is 13.0. The molecule has 5 heteroatoms. The third-order valence-corrected chi connectivity index (χ3v) is 4.75. The van der Waals surface area contributed by atoms with Crippen LogP contribution in [-0.4, -0.2) is 48.0 Å². The minimum Gasteiger partial charge on any atom is -0.494 e. The summed E-state index contributed by atoms with van der Waals surface area (Å²) in [7, 11) is 3.98. The van der Waals surface area contributed by atoms with Crippen molar-refractivity contribution in [2.75, 3.05) is 27.2 Å². The summed E-state index contributed by atoms with van der Waals surface area (Å²) < 4.78 is 1.36. The van der Waals surface area contributed by atoms with Gasteiger partial charge in [-0.05, 0) is 57.3 Å². The monoisotopic (exact) mass is 363 g/mol. The average Bonchev–Trinajstić information content (AvgIpc) is 2.64. The molecule has 0 atom stereocenters. The van der Waals surface area contributed by atoms with Gasteiger partial charge in [0.05, 0.1) is 17.8 Å². The van der Waals surface area contributed by atoms with Crippen LogP contribution in [0.2, 0.25) is 0 Å². The zero-order valence-corrected chi connectivity index (χ0v) is 16.2. The van der Waals surface area contributed by atoms with Gasteiger partial charge in [0.1, 0.15) is 0 Å². The summed E-state index contributed by atoms with van der Waals surface area (Å²) in [5, 5.41) is 12.2. The summed E-state index contributed by atoms with van der Waals surface area (Å²) in [5.41, 5.74) is 3.17. The Balaban J connectivity index is 2.22. The molecule has 0 aliphatic heterocycles. The van der Waals surface area contributed by atoms with Crippen molar-refractivity contribution >= 4 is 17.0 Å². The number of fused-ring (bicyclic) bond motifs is 1. The number of nitrogens with zero attached hydrogens (tertiary/aromatic N) is 3. The molecule has 0 saturated carbocycles. The van der Waals surface area contributed by atoms with Gasteiger partial charge in [-0.25, -0.2) is 4.57 Å². The van der Waals surface area contributed by atoms with E-state index in [1.807, 2.05) is 69.2 Å². The van der Waals surface area contributed by atoms with Crippen LogP contribution in [0, 0.1) is 13.8 Å². The van der Waals surface area contributed by atoms with Crippen LogP contribution in [0.3, 0.4) is 0 Å². The minimum atomic E-state index is -0.239. The highest BCUT2D eigenvalue weighted by Gasteiger charge is 2.16. The maximum atomic E-state index is 13.1. The molecule has 1 N–H and O–H groups in total. The van der Waals surface area contributed by atoms with Gasteiger partial charge in [-0.15, -0.1) is 0 Å². The van der Waals surface area contributed by atoms with Crippen LogP contribution in [0.1, 0.15) is 16.7 Å². The summed E-state index contributed by atoms with van der Waals surface area (Å²) >= 11 is 0. The van der Waals surface area contributed by atoms with Crippen LogP contribution >= 0.6 is 0 Å². The fourth-order valence-corrected chi connectivity index (χ4v) is 3.01. The topological polar surface area (TPSA) is 57.8 Å². The van der Waals surface area contributed by atoms with E-state index in [-0.39, 0.29) is 11.4 Å². The third kappa shape index (κ3) is 3.78. The second kappa shape index (κ2) is 7.76. The van der Waals surface area contributed by atoms with Gasteiger partial charge in [-0.1, -0.05) is 24.3 Å². The van der Waals surface area contributed by atoms with Gasteiger partial charge in [0.15, 0.2) is 0 Å². The fraction of sp³-hybridized carbons (Fsp3) is 0.273. The van der Waals surface area contributed by atoms with Crippen molar-refractivity contribution in [3.05, 3.63) is 69.5 Å². The molecule has 0 bridgehead atoms. The summed E-state index contributed by atoms with van der Waals surface area (Å²) in [6.45, 7) is 5.44. The van der Waals surface area contributed by atoms with E-state index in [0.29, 0.717) is 28.6 Å². The van der Waals surface area contributed by atoms with E-state index < -0.39 is 0 Å². The molecule has 3 rings (SSSR count). The molecule has 0 aliphatic carbocycles. The first-order chi connectivity index (χ1) is 12.9. The highest BCUT2D eigenvalue weighted by Crippen LogP contribution is 2.26. The minimum absolute atomic E-state index is 0.0874. The number of aliphatic imine (C=N–C) groups is 1. The normalized spacial score (nSPS) is 11.7. The first-order valence-electron chi connectivity index (χ1n) is 8.99. The number of likely N-dealkylation sites (N-methyl/N-ethyl adjacent to an activating group) is 1. The highest BCUT2D eigenvalue weighted by atomic mass is 16.3. The lowest BCUT2D eigenvalue weighted by Crippen LogP contribution is -2.20. The lowest BCUT2D eigenvalue weighted by Gasteiger charge is -2.15. The Labute approximate surface area is 159 Å². The van der Waals surface area contributed by atoms with E-state index in [1.54, 1.807) is 12.3 Å². The molecule has 2 aromatic carbocycles. The fourth-order valence-electron chi connectivity index (χ4n) is 3.01. The SMILES string of the molecule is Cc1ccc(-n2c(O)c(C=NCCN(C)C)c3ccccc3c2=O)cc1C. The van der Waals surface area contributed by atoms with Gasteiger partial charge >= 0.3 is 0 Å². The van der Waals surface area contributed by atoms with Gasteiger partial charge in [0, 0.05) is 23.5 Å². The van der Waals surface area contributed by atoms with E-state index in [4.69, 9.17) is 0 Å². The van der Waals surface area contributed by atoms with E-state index >= 15 is 0 Å². The molecule has 0 unspecified atom stereocenters. The van der Waals surface area contributed by atoms with Crippen molar-refractivity contribution in [1.82, 2.24) is 9.47 Å². The van der Waals surface area contributed by atoms with Crippen molar-refractivity contribution < 1.29 is 5.11 Å². The smallest absolute Gasteiger partial charge is 0.265 e. The van der Waals surface area contributed by atoms with E-state index in [0.717, 1.165) is 17.7 Å². The summed E-state index contributed by atoms with van der Waals surface area (Å²) in [6.07, 6.45) is 1.66. The van der Waals surface area contributed by atoms with Gasteiger partial charge in [-0.2, -0.15) is 0 Å². The Morgan fingerprint density at radius 2 is 1.78 bits per heavy atom. The van der Waals surface area contributed by atoms with Crippen molar-refractivity contribution in [1.29, 1.82) is 0 Å². The maximum Gasteiger partial charge on any atom is 0.265 e. The zero-order chi connectivity index (χ0) is 19.6. The second-order valence-corrected chi connectivity index (χ2v) is 7.03. The quantitative estimate of drug-likeness (QED) is 0.708. The summed E-state index contributed by atoms with van der Waals surface area (Å²) in [5.74, 6) is -0.0874. The standard InChI is InChI=1S/C22H25N3O2/c1-15-9-10-17(13-16(15)2)25-21(26)19-8-6-5-7-18(19)20(22(25)27)14-23-11-12-24(3)4/h5-10,13-14,27H,11-12H2,1-4H3. The number of hydrogen-bond acceptors (Lipinski definition) is 4. The van der Waals surface area contributed by atoms with Crippen molar-refractivity contribution in [2.45, 2.75) is 13.8 Å². The number of hydrogen-bond donors (Lipinski definition) is 1. The van der Waals surface area contributed by atoms with Crippen LogP contribution < -0.4 is 5.56 Å². The molecule has 0 spiro atoms. The Bertz CT molecular complexity index is 1070. The van der Waals surface area contributed by atoms with Gasteiger partial charge < -0.3 is 10.0 Å². The Kier molecular flexibility index (Phi) is 5.42. The number of benzene rings is 2. The predicted molar refractivity (Wildman–Crippen MR) is 112 cm³/mol. The van der Waals surface area contributed by atoms with E-state index in [9.17, 15) is 9.90 Å². The van der Waals surface area contributed by atoms with Crippen molar-refractivity contribution in [3.8, 4) is 11.6 Å². The molecular formula is C22H25N3O2. The molecule has 5 nitrogen and oxygen atoms in total. The molecule has 0 radical (unpaired) electrons. The third-order valence-electron chi connectivity index (χ3n) is 4.75. The number of pyridine rings is 1. The molecule has 0 amide bonds. The van der Waals surface area contributed by atoms with Gasteiger partial charge in [0.25, 0.3) is 5.56 Å². The maximum absolute atomic E-state index is 13.1. The Hall–Kier alpha value is -2.92. The first kappa shape index (κ1) is 18.9. The van der Waals surface area contributed by atoms with Crippen molar-refractivity contribution in [2.24, 2.45) is 4.99 Å². The van der Waals surface area contributed by atoms with E-state index in [2.05, 4.69) is 4.99 Å². The zero-order valence-electron chi connectivity index (χ0n) is 16.2. The van der Waals surface area contributed by atoms with Gasteiger partial charge in [0.2, 0.25) is 5.88 Å². The van der Waals surface area contributed by atoms with Crippen LogP contribution in [0.4, 0.5) is 0 Å². The molecular weight excluding hydrogens is 338 g/mol. The number of aryl methyl sites for hydroxylation is 2. The summed E-state index contributed by atoms with van der Waals surface area (Å²) in [4.78, 5) is 19.6. The van der Waals surface area contributed by atoms with Crippen LogP contribution in [0.15, 0.2) is 52.3 Å². The lowest BCUT2D eigenvalue weighted by molar-refractivity contribution is 0.420. The predicted octanol–water partition coefficient (Wildman–Crippen LogP) is 3.29. The number of aromatic nitrogens is 1. The second-order valence-electron chi connectivity index (χ2n) is 7.03. The van der Waals surface area contributed by atoms with Gasteiger partial charge in [-0.3, -0.25) is 9.79 Å². The molecule has 0 saturated heterocycles. The molecule has 1 aromatic heterocycles. The van der Waals surface area contributed by atoms with E-state index in [1.165, 1.54) is 4.57 Å². The molecule has 0 fully saturated rings. The molecule has 140 valence electrons. The van der Waals surface area contributed by atoms with Crippen LogP contribution in [0.5, 0.6) is 5.88 Å². The molecule has 0 aliphatic rings. The lowest BCUT2D eigenvalue weighted by atomic mass is 10.1. The number of rotatable bonds is 5. The molecule has 27 heavy (non-hydrogen) atoms. The first-order valence-corrected chi connectivity index (χ1v) is 8.99. The molecule has 1 heterocycles. The Morgan fingerprint density at radius 1 is 1.07 bits per heavy atom. The molecule has 3 aromatic rings. The average molecular weight is 363 g/mol. The Morgan fingerprint density at radius 3 is 2.44 bits per heavy atom. The van der Waals surface area contributed by atoms with Crippen LogP contribution in [-0.2, 0) is 0 Å². The highest BCUT2D eigenvalue weighted by molar-refractivity contribution is 6.01. The number of aromatic hydroxyl groups is 1.